The maximum atomic E-state index is 5.71. The van der Waals surface area contributed by atoms with E-state index in [1.165, 1.54) is 0 Å². The van der Waals surface area contributed by atoms with Gasteiger partial charge in [-0.3, -0.25) is 4.90 Å². The van der Waals surface area contributed by atoms with Crippen LogP contribution < -0.4 is 0 Å². The third-order valence-electron chi connectivity index (χ3n) is 3.54. The summed E-state index contributed by atoms with van der Waals surface area (Å²) in [5, 5.41) is 0. The number of methoxy groups -OCH3 is 2. The van der Waals surface area contributed by atoms with Gasteiger partial charge in [-0.25, -0.2) is 0 Å². The number of nitrogens with zero attached hydrogens (tertiary/aromatic N) is 1. The van der Waals surface area contributed by atoms with Crippen molar-refractivity contribution in [2.45, 2.75) is 31.7 Å². The number of hydrogen-bond donors (Lipinski definition) is 0. The second-order valence-corrected chi connectivity index (χ2v) is 4.75. The van der Waals surface area contributed by atoms with Crippen LogP contribution in [0.15, 0.2) is 30.3 Å². The summed E-state index contributed by atoms with van der Waals surface area (Å²) >= 11 is 0. The Kier molecular flexibility index (Phi) is 3.52. The minimum absolute atomic E-state index is 0.305. The van der Waals surface area contributed by atoms with Crippen LogP contribution in [0, 0.1) is 0 Å². The summed E-state index contributed by atoms with van der Waals surface area (Å²) in [5.41, 5.74) is 1.08. The van der Waals surface area contributed by atoms with Crippen molar-refractivity contribution in [3.63, 3.8) is 0 Å². The molecule has 1 aliphatic heterocycles. The van der Waals surface area contributed by atoms with Crippen LogP contribution in [-0.4, -0.2) is 37.7 Å². The molecule has 94 valence electrons. The molecule has 1 aromatic carbocycles. The largest absolute Gasteiger partial charge is 0.348 e. The molecule has 0 saturated carbocycles. The fraction of sp³-hybridized carbons (Fsp3) is 0.571. The predicted molar refractivity (Wildman–Crippen MR) is 67.8 cm³/mol. The van der Waals surface area contributed by atoms with E-state index < -0.39 is 5.79 Å². The molecule has 3 nitrogen and oxygen atoms in total. The molecule has 2 atom stereocenters. The average molecular weight is 235 g/mol. The fourth-order valence-electron chi connectivity index (χ4n) is 2.52. The van der Waals surface area contributed by atoms with E-state index in [0.29, 0.717) is 12.1 Å². The van der Waals surface area contributed by atoms with Gasteiger partial charge in [-0.2, -0.15) is 0 Å². The molecule has 1 aliphatic rings. The molecular formula is C14H21NO2. The first kappa shape index (κ1) is 12.6. The van der Waals surface area contributed by atoms with Crippen molar-refractivity contribution >= 4 is 0 Å². The maximum absolute atomic E-state index is 5.71. The first-order valence-corrected chi connectivity index (χ1v) is 6.07. The summed E-state index contributed by atoms with van der Waals surface area (Å²) in [7, 11) is 3.43. The highest BCUT2D eigenvalue weighted by atomic mass is 16.7. The van der Waals surface area contributed by atoms with Gasteiger partial charge < -0.3 is 9.47 Å². The summed E-state index contributed by atoms with van der Waals surface area (Å²) < 4.78 is 11.4. The minimum Gasteiger partial charge on any atom is -0.348 e. The molecule has 1 aromatic rings. The van der Waals surface area contributed by atoms with Crippen molar-refractivity contribution in [2.75, 3.05) is 20.8 Å². The van der Waals surface area contributed by atoms with E-state index in [4.69, 9.17) is 9.47 Å². The minimum atomic E-state index is -0.633. The van der Waals surface area contributed by atoms with Crippen molar-refractivity contribution in [3.05, 3.63) is 35.9 Å². The Bertz CT molecular complexity index is 360. The first-order chi connectivity index (χ1) is 8.15. The average Bonchev–Trinajstić information content (AvgIpc) is 3.14. The van der Waals surface area contributed by atoms with Crippen LogP contribution in [0.1, 0.15) is 19.4 Å². The fourth-order valence-corrected chi connectivity index (χ4v) is 2.52. The third-order valence-corrected chi connectivity index (χ3v) is 3.54. The zero-order chi connectivity index (χ0) is 12.5. The number of benzene rings is 1. The van der Waals surface area contributed by atoms with Gasteiger partial charge >= 0.3 is 0 Å². The molecule has 0 amide bonds. The molecule has 2 unspecified atom stereocenters. The topological polar surface area (TPSA) is 21.5 Å². The smallest absolute Gasteiger partial charge is 0.211 e. The van der Waals surface area contributed by atoms with Crippen molar-refractivity contribution < 1.29 is 9.47 Å². The first-order valence-electron chi connectivity index (χ1n) is 6.07. The van der Waals surface area contributed by atoms with Gasteiger partial charge in [0.2, 0.25) is 5.79 Å². The van der Waals surface area contributed by atoms with Crippen LogP contribution in [0.25, 0.3) is 0 Å². The lowest BCUT2D eigenvalue weighted by Crippen LogP contribution is -2.39. The Labute approximate surface area is 103 Å². The standard InChI is InChI=1S/C14H21NO2/c1-11(2)15-10-13(15)14(16-3,17-4)12-8-6-5-7-9-12/h5-9,11,13H,10H2,1-4H3. The van der Waals surface area contributed by atoms with Gasteiger partial charge in [0.1, 0.15) is 0 Å². The van der Waals surface area contributed by atoms with E-state index in [0.717, 1.165) is 12.1 Å². The van der Waals surface area contributed by atoms with Crippen LogP contribution in [0.4, 0.5) is 0 Å². The van der Waals surface area contributed by atoms with E-state index >= 15 is 0 Å². The van der Waals surface area contributed by atoms with Crippen LogP contribution in [0.2, 0.25) is 0 Å². The Balaban J connectivity index is 2.28. The van der Waals surface area contributed by atoms with Crippen LogP contribution in [0.3, 0.4) is 0 Å². The van der Waals surface area contributed by atoms with Crippen LogP contribution >= 0.6 is 0 Å². The lowest BCUT2D eigenvalue weighted by molar-refractivity contribution is -0.221. The number of ether oxygens (including phenoxy) is 2. The van der Waals surface area contributed by atoms with Crippen molar-refractivity contribution in [3.8, 4) is 0 Å². The molecule has 1 saturated heterocycles. The van der Waals surface area contributed by atoms with E-state index in [-0.39, 0.29) is 0 Å². The summed E-state index contributed by atoms with van der Waals surface area (Å²) in [4.78, 5) is 2.38. The molecule has 0 aliphatic carbocycles. The highest BCUT2D eigenvalue weighted by molar-refractivity contribution is 5.25. The van der Waals surface area contributed by atoms with Gasteiger partial charge in [0.15, 0.2) is 0 Å². The molecular weight excluding hydrogens is 214 g/mol. The van der Waals surface area contributed by atoms with E-state index in [1.54, 1.807) is 14.2 Å². The normalized spacial score (nSPS) is 24.1. The lowest BCUT2D eigenvalue weighted by atomic mass is 10.0. The third kappa shape index (κ3) is 2.10. The molecule has 0 radical (unpaired) electrons. The predicted octanol–water partition coefficient (Wildman–Crippen LogP) is 2.22. The van der Waals surface area contributed by atoms with Gasteiger partial charge in [-0.15, -0.1) is 0 Å². The highest BCUT2D eigenvalue weighted by Crippen LogP contribution is 2.41. The quantitative estimate of drug-likeness (QED) is 0.577. The van der Waals surface area contributed by atoms with E-state index in [2.05, 4.69) is 30.9 Å². The molecule has 0 spiro atoms. The van der Waals surface area contributed by atoms with Gasteiger partial charge in [-0.05, 0) is 13.8 Å². The molecule has 0 bridgehead atoms. The van der Waals surface area contributed by atoms with Crippen molar-refractivity contribution in [2.24, 2.45) is 0 Å². The summed E-state index contributed by atoms with van der Waals surface area (Å²) in [5.74, 6) is -0.633. The van der Waals surface area contributed by atoms with Gasteiger partial charge in [0.25, 0.3) is 0 Å². The Hall–Kier alpha value is -0.900. The lowest BCUT2D eigenvalue weighted by Gasteiger charge is -2.32. The molecule has 17 heavy (non-hydrogen) atoms. The second-order valence-electron chi connectivity index (χ2n) is 4.75. The zero-order valence-electron chi connectivity index (χ0n) is 11.0. The van der Waals surface area contributed by atoms with E-state index in [9.17, 15) is 0 Å². The molecule has 2 rings (SSSR count). The van der Waals surface area contributed by atoms with Crippen molar-refractivity contribution in [1.29, 1.82) is 0 Å². The van der Waals surface area contributed by atoms with Gasteiger partial charge in [0, 0.05) is 32.4 Å². The monoisotopic (exact) mass is 235 g/mol. The Morgan fingerprint density at radius 1 is 1.18 bits per heavy atom. The van der Waals surface area contributed by atoms with Crippen LogP contribution in [-0.2, 0) is 15.3 Å². The maximum Gasteiger partial charge on any atom is 0.211 e. The molecule has 1 heterocycles. The summed E-state index contributed by atoms with van der Waals surface area (Å²) in [6.45, 7) is 5.41. The summed E-state index contributed by atoms with van der Waals surface area (Å²) in [6.07, 6.45) is 0. The molecule has 1 fully saturated rings. The van der Waals surface area contributed by atoms with Gasteiger partial charge in [-0.1, -0.05) is 30.3 Å². The number of hydrogen-bond acceptors (Lipinski definition) is 3. The Morgan fingerprint density at radius 2 is 1.76 bits per heavy atom. The van der Waals surface area contributed by atoms with E-state index in [1.807, 2.05) is 18.2 Å². The number of rotatable bonds is 5. The SMILES string of the molecule is COC(OC)(c1ccccc1)C1CN1C(C)C. The molecule has 3 heteroatoms. The van der Waals surface area contributed by atoms with Gasteiger partial charge in [0.05, 0.1) is 6.04 Å². The summed E-state index contributed by atoms with van der Waals surface area (Å²) in [6, 6.07) is 11.0. The highest BCUT2D eigenvalue weighted by Gasteiger charge is 2.54. The van der Waals surface area contributed by atoms with Crippen LogP contribution in [0.5, 0.6) is 0 Å². The Morgan fingerprint density at radius 3 is 2.18 bits per heavy atom. The molecule has 0 N–H and O–H groups in total. The molecule has 0 aromatic heterocycles. The zero-order valence-corrected chi connectivity index (χ0v) is 11.0. The van der Waals surface area contributed by atoms with Crippen molar-refractivity contribution in [1.82, 2.24) is 4.90 Å². The second kappa shape index (κ2) is 4.77.